The highest BCUT2D eigenvalue weighted by atomic mass is 15.4. The van der Waals surface area contributed by atoms with Crippen molar-refractivity contribution in [1.29, 1.82) is 0 Å². The van der Waals surface area contributed by atoms with Gasteiger partial charge in [0.05, 0.1) is 6.67 Å². The third kappa shape index (κ3) is 2.95. The lowest BCUT2D eigenvalue weighted by atomic mass is 9.88. The average molecular weight is 306 g/mol. The van der Waals surface area contributed by atoms with E-state index in [9.17, 15) is 0 Å². The summed E-state index contributed by atoms with van der Waals surface area (Å²) >= 11 is 0. The summed E-state index contributed by atoms with van der Waals surface area (Å²) < 4.78 is 0. The molecule has 3 aliphatic heterocycles. The summed E-state index contributed by atoms with van der Waals surface area (Å²) in [6.45, 7) is 6.36. The minimum atomic E-state index is 0.855. The van der Waals surface area contributed by atoms with Crippen LogP contribution in [-0.2, 0) is 0 Å². The summed E-state index contributed by atoms with van der Waals surface area (Å²) in [5, 5.41) is 3.50. The molecule has 0 spiro atoms. The molecule has 0 aromatic rings. The maximum atomic E-state index is 3.50. The predicted octanol–water partition coefficient (Wildman–Crippen LogP) is 1.72. The van der Waals surface area contributed by atoms with Crippen LogP contribution in [0.5, 0.6) is 0 Å². The molecule has 126 valence electrons. The van der Waals surface area contributed by atoms with Gasteiger partial charge in [-0.2, -0.15) is 0 Å². The van der Waals surface area contributed by atoms with E-state index in [1.165, 1.54) is 84.2 Å². The van der Waals surface area contributed by atoms with E-state index in [2.05, 4.69) is 27.1 Å². The Labute approximate surface area is 136 Å². The fraction of sp³-hybridized carbons (Fsp3) is 1.00. The molecule has 3 heterocycles. The zero-order valence-electron chi connectivity index (χ0n) is 14.3. The normalized spacial score (nSPS) is 37.5. The third-order valence-corrected chi connectivity index (χ3v) is 6.87. The van der Waals surface area contributed by atoms with Crippen LogP contribution in [-0.4, -0.2) is 78.8 Å². The van der Waals surface area contributed by atoms with Crippen molar-refractivity contribution < 1.29 is 0 Å². The number of likely N-dealkylation sites (N-methyl/N-ethyl adjacent to an activating group) is 1. The second-order valence-electron chi connectivity index (χ2n) is 8.08. The Hall–Kier alpha value is -0.160. The van der Waals surface area contributed by atoms with E-state index in [0.717, 1.165) is 24.2 Å². The second-order valence-corrected chi connectivity index (χ2v) is 8.08. The van der Waals surface area contributed by atoms with E-state index in [1.807, 2.05) is 0 Å². The topological polar surface area (TPSA) is 21.8 Å². The molecule has 0 amide bonds. The van der Waals surface area contributed by atoms with E-state index >= 15 is 0 Å². The Morgan fingerprint density at radius 1 is 0.773 bits per heavy atom. The summed E-state index contributed by atoms with van der Waals surface area (Å²) in [5.74, 6) is 0. The Balaban J connectivity index is 1.33. The lowest BCUT2D eigenvalue weighted by Crippen LogP contribution is -2.52. The number of piperidine rings is 2. The van der Waals surface area contributed by atoms with Crippen LogP contribution in [0.1, 0.15) is 51.4 Å². The fourth-order valence-corrected chi connectivity index (χ4v) is 5.60. The minimum absolute atomic E-state index is 0.855. The molecule has 2 atom stereocenters. The molecular weight excluding hydrogens is 272 g/mol. The maximum Gasteiger partial charge on any atom is 0.0512 e. The molecule has 4 heteroatoms. The number of hydrogen-bond donors (Lipinski definition) is 1. The Bertz CT molecular complexity index is 360. The molecule has 4 rings (SSSR count). The maximum absolute atomic E-state index is 3.50. The van der Waals surface area contributed by atoms with Crippen LogP contribution in [0.25, 0.3) is 0 Å². The van der Waals surface area contributed by atoms with Gasteiger partial charge in [0, 0.05) is 24.2 Å². The lowest BCUT2D eigenvalue weighted by Gasteiger charge is -2.43. The van der Waals surface area contributed by atoms with Gasteiger partial charge < -0.3 is 10.2 Å². The number of nitrogens with one attached hydrogen (secondary N) is 1. The van der Waals surface area contributed by atoms with Crippen LogP contribution in [0.4, 0.5) is 0 Å². The standard InChI is InChI=1S/C18H34N4/c1-20-14-22(18-5-3-2-4-17(18)20)16-8-12-21(13-9-16)15-6-10-19-11-7-15/h15-19H,2-14H2,1H3/t17-,18-/m0/s1. The number of fused-ring (bicyclic) bond motifs is 1. The molecule has 0 bridgehead atoms. The van der Waals surface area contributed by atoms with Gasteiger partial charge in [0.15, 0.2) is 0 Å². The zero-order chi connectivity index (χ0) is 14.9. The van der Waals surface area contributed by atoms with Crippen molar-refractivity contribution in [2.45, 2.75) is 75.5 Å². The Morgan fingerprint density at radius 3 is 2.18 bits per heavy atom. The molecule has 0 aromatic carbocycles. The van der Waals surface area contributed by atoms with E-state index in [1.54, 1.807) is 0 Å². The molecule has 22 heavy (non-hydrogen) atoms. The molecular formula is C18H34N4. The molecule has 0 unspecified atom stereocenters. The fourth-order valence-electron chi connectivity index (χ4n) is 5.60. The predicted molar refractivity (Wildman–Crippen MR) is 91.0 cm³/mol. The van der Waals surface area contributed by atoms with Gasteiger partial charge >= 0.3 is 0 Å². The van der Waals surface area contributed by atoms with Gasteiger partial charge in [-0.1, -0.05) is 12.8 Å². The molecule has 4 aliphatic rings. The van der Waals surface area contributed by atoms with Crippen molar-refractivity contribution in [1.82, 2.24) is 20.0 Å². The Morgan fingerprint density at radius 2 is 1.45 bits per heavy atom. The van der Waals surface area contributed by atoms with Crippen LogP contribution < -0.4 is 5.32 Å². The Kier molecular flexibility index (Phi) is 4.72. The highest BCUT2D eigenvalue weighted by Crippen LogP contribution is 2.35. The van der Waals surface area contributed by atoms with Gasteiger partial charge in [-0.25, -0.2) is 0 Å². The van der Waals surface area contributed by atoms with Gasteiger partial charge in [0.2, 0.25) is 0 Å². The lowest BCUT2D eigenvalue weighted by molar-refractivity contribution is 0.0579. The van der Waals surface area contributed by atoms with Crippen LogP contribution in [0.15, 0.2) is 0 Å². The molecule has 1 N–H and O–H groups in total. The smallest absolute Gasteiger partial charge is 0.0512 e. The van der Waals surface area contributed by atoms with Gasteiger partial charge in [0.1, 0.15) is 0 Å². The van der Waals surface area contributed by atoms with E-state index in [-0.39, 0.29) is 0 Å². The number of hydrogen-bond acceptors (Lipinski definition) is 4. The SMILES string of the molecule is CN1CN(C2CCN(C3CCNCC3)CC2)[C@H]2CCCC[C@@H]21. The first-order valence-electron chi connectivity index (χ1n) is 9.73. The zero-order valence-corrected chi connectivity index (χ0v) is 14.3. The average Bonchev–Trinajstić information content (AvgIpc) is 2.93. The van der Waals surface area contributed by atoms with Crippen molar-refractivity contribution >= 4 is 0 Å². The van der Waals surface area contributed by atoms with Crippen molar-refractivity contribution in [3.63, 3.8) is 0 Å². The van der Waals surface area contributed by atoms with Crippen LogP contribution >= 0.6 is 0 Å². The summed E-state index contributed by atoms with van der Waals surface area (Å²) in [6.07, 6.45) is 11.3. The van der Waals surface area contributed by atoms with E-state index in [4.69, 9.17) is 0 Å². The van der Waals surface area contributed by atoms with Gasteiger partial charge in [-0.05, 0) is 71.8 Å². The molecule has 0 aromatic heterocycles. The summed E-state index contributed by atoms with van der Waals surface area (Å²) in [7, 11) is 2.35. The number of nitrogens with zero attached hydrogens (tertiary/aromatic N) is 3. The van der Waals surface area contributed by atoms with Gasteiger partial charge in [0.25, 0.3) is 0 Å². The number of likely N-dealkylation sites (tertiary alicyclic amines) is 1. The second kappa shape index (κ2) is 6.76. The van der Waals surface area contributed by atoms with Crippen LogP contribution in [0.3, 0.4) is 0 Å². The monoisotopic (exact) mass is 306 g/mol. The van der Waals surface area contributed by atoms with Crippen molar-refractivity contribution in [2.24, 2.45) is 0 Å². The molecule has 1 saturated carbocycles. The van der Waals surface area contributed by atoms with Crippen molar-refractivity contribution in [3.8, 4) is 0 Å². The molecule has 4 nitrogen and oxygen atoms in total. The molecule has 0 radical (unpaired) electrons. The first-order chi connectivity index (χ1) is 10.8. The summed E-state index contributed by atoms with van der Waals surface area (Å²) in [4.78, 5) is 8.34. The van der Waals surface area contributed by atoms with E-state index in [0.29, 0.717) is 0 Å². The van der Waals surface area contributed by atoms with Crippen LogP contribution in [0, 0.1) is 0 Å². The largest absolute Gasteiger partial charge is 0.317 e. The molecule has 3 saturated heterocycles. The van der Waals surface area contributed by atoms with Gasteiger partial charge in [-0.3, -0.25) is 9.80 Å². The quantitative estimate of drug-likeness (QED) is 0.838. The molecule has 4 fully saturated rings. The van der Waals surface area contributed by atoms with Crippen molar-refractivity contribution in [3.05, 3.63) is 0 Å². The molecule has 1 aliphatic carbocycles. The number of rotatable bonds is 2. The van der Waals surface area contributed by atoms with Gasteiger partial charge in [-0.15, -0.1) is 0 Å². The highest BCUT2D eigenvalue weighted by molar-refractivity contribution is 4.98. The van der Waals surface area contributed by atoms with E-state index < -0.39 is 0 Å². The summed E-state index contributed by atoms with van der Waals surface area (Å²) in [5.41, 5.74) is 0. The van der Waals surface area contributed by atoms with Crippen LogP contribution in [0.2, 0.25) is 0 Å². The third-order valence-electron chi connectivity index (χ3n) is 6.87. The first-order valence-corrected chi connectivity index (χ1v) is 9.73. The first kappa shape index (κ1) is 15.4. The minimum Gasteiger partial charge on any atom is -0.317 e. The summed E-state index contributed by atoms with van der Waals surface area (Å²) in [6, 6.07) is 3.45. The highest BCUT2D eigenvalue weighted by Gasteiger charge is 2.43. The van der Waals surface area contributed by atoms with Crippen molar-refractivity contribution in [2.75, 3.05) is 39.9 Å².